The van der Waals surface area contributed by atoms with Crippen molar-refractivity contribution in [2.24, 2.45) is 11.5 Å². The van der Waals surface area contributed by atoms with Gasteiger partial charge in [-0.3, -0.25) is 33.8 Å². The number of cyclic esters (lactones) is 1. The summed E-state index contributed by atoms with van der Waals surface area (Å²) in [6.45, 7) is 1.16. The van der Waals surface area contributed by atoms with E-state index in [9.17, 15) is 28.8 Å². The molecule has 2 fully saturated rings. The van der Waals surface area contributed by atoms with Crippen molar-refractivity contribution in [1.82, 2.24) is 10.2 Å². The molecule has 2 saturated heterocycles. The van der Waals surface area contributed by atoms with E-state index in [1.54, 1.807) is 35.2 Å². The van der Waals surface area contributed by atoms with Crippen LogP contribution in [0.1, 0.15) is 41.8 Å². The number of nitrogens with one attached hydrogen (secondary N) is 1. The van der Waals surface area contributed by atoms with Crippen LogP contribution in [-0.4, -0.2) is 92.1 Å². The molecule has 16 heteroatoms. The van der Waals surface area contributed by atoms with Gasteiger partial charge in [-0.25, -0.2) is 4.79 Å². The standard InChI is InChI=1S/C29H35ClN6O8S/c30-23-10-9-22(45-23)28(41)36(25(38)3-1-2-12-33-21(27(32)40)8-11-24(31)37)16-20-15-35(29(42)44-20)19-6-4-18(5-7-19)34-13-14-43-17-26(34)39/h4-7,9-10,20-21,33H,1-3,8,11-17H2,(H2,31,37)(H2,32,40)/t20-,21+/m1/s1. The Morgan fingerprint density at radius 2 is 1.73 bits per heavy atom. The van der Waals surface area contributed by atoms with E-state index >= 15 is 0 Å². The molecule has 6 amide bonds. The van der Waals surface area contributed by atoms with Gasteiger partial charge in [0.2, 0.25) is 17.7 Å². The molecular weight excluding hydrogens is 628 g/mol. The molecule has 242 valence electrons. The fourth-order valence-corrected chi connectivity index (χ4v) is 5.93. The second-order valence-corrected chi connectivity index (χ2v) is 12.2. The van der Waals surface area contributed by atoms with Crippen molar-refractivity contribution in [3.63, 3.8) is 0 Å². The van der Waals surface area contributed by atoms with Gasteiger partial charge in [0.15, 0.2) is 0 Å². The lowest BCUT2D eigenvalue weighted by atomic mass is 10.1. The highest BCUT2D eigenvalue weighted by Gasteiger charge is 2.36. The number of carbonyl (C=O) groups excluding carboxylic acids is 6. The number of morpholine rings is 1. The minimum absolute atomic E-state index is 0.00677. The molecule has 0 unspecified atom stereocenters. The van der Waals surface area contributed by atoms with E-state index in [2.05, 4.69) is 5.32 Å². The topological polar surface area (TPSA) is 195 Å². The number of amides is 6. The zero-order chi connectivity index (χ0) is 32.5. The third kappa shape index (κ3) is 9.23. The Morgan fingerprint density at radius 3 is 2.36 bits per heavy atom. The minimum atomic E-state index is -0.787. The monoisotopic (exact) mass is 662 g/mol. The fourth-order valence-electron chi connectivity index (χ4n) is 4.94. The largest absolute Gasteiger partial charge is 0.442 e. The number of hydrogen-bond donors (Lipinski definition) is 3. The summed E-state index contributed by atoms with van der Waals surface area (Å²) < 4.78 is 11.1. The van der Waals surface area contributed by atoms with E-state index in [0.29, 0.717) is 48.2 Å². The number of benzene rings is 1. The van der Waals surface area contributed by atoms with Crippen molar-refractivity contribution in [2.45, 2.75) is 44.2 Å². The lowest BCUT2D eigenvalue weighted by Crippen LogP contribution is -2.43. The summed E-state index contributed by atoms with van der Waals surface area (Å²) in [5.41, 5.74) is 11.7. The second-order valence-electron chi connectivity index (χ2n) is 10.5. The van der Waals surface area contributed by atoms with Crippen molar-refractivity contribution in [3.8, 4) is 0 Å². The van der Waals surface area contributed by atoms with Crippen LogP contribution in [0.5, 0.6) is 0 Å². The summed E-state index contributed by atoms with van der Waals surface area (Å²) in [4.78, 5) is 78.7. The van der Waals surface area contributed by atoms with Crippen molar-refractivity contribution < 1.29 is 38.2 Å². The zero-order valence-electron chi connectivity index (χ0n) is 24.4. The Bertz CT molecular complexity index is 1420. The molecule has 3 heterocycles. The van der Waals surface area contributed by atoms with Crippen molar-refractivity contribution in [1.29, 1.82) is 0 Å². The number of ether oxygens (including phenoxy) is 2. The highest BCUT2D eigenvalue weighted by Crippen LogP contribution is 2.27. The fraction of sp³-hybridized carbons (Fsp3) is 0.448. The summed E-state index contributed by atoms with van der Waals surface area (Å²) in [5.74, 6) is -2.31. The van der Waals surface area contributed by atoms with E-state index in [1.807, 2.05) is 0 Å². The minimum Gasteiger partial charge on any atom is -0.442 e. The molecule has 1 aromatic heterocycles. The van der Waals surface area contributed by atoms with Crippen LogP contribution in [0.2, 0.25) is 4.34 Å². The number of rotatable bonds is 15. The molecule has 14 nitrogen and oxygen atoms in total. The quantitative estimate of drug-likeness (QED) is 0.238. The van der Waals surface area contributed by atoms with Crippen LogP contribution in [0.15, 0.2) is 36.4 Å². The lowest BCUT2D eigenvalue weighted by Gasteiger charge is -2.27. The van der Waals surface area contributed by atoms with E-state index in [-0.39, 0.29) is 49.7 Å². The summed E-state index contributed by atoms with van der Waals surface area (Å²) in [5, 5.41) is 2.96. The van der Waals surface area contributed by atoms with Crippen molar-refractivity contribution in [3.05, 3.63) is 45.6 Å². The molecule has 2 aliphatic heterocycles. The SMILES string of the molecule is NC(=O)CC[C@H](NCCCCC(=O)N(C[C@H]1CN(c2ccc(N3CCOCC3=O)cc2)C(=O)O1)C(=O)c1ccc(Cl)s1)C(N)=O. The molecule has 2 atom stereocenters. The second kappa shape index (κ2) is 15.8. The highest BCUT2D eigenvalue weighted by molar-refractivity contribution is 7.18. The van der Waals surface area contributed by atoms with Gasteiger partial charge in [0, 0.05) is 30.8 Å². The van der Waals surface area contributed by atoms with Crippen molar-refractivity contribution in [2.75, 3.05) is 49.2 Å². The molecule has 0 saturated carbocycles. The van der Waals surface area contributed by atoms with E-state index in [4.69, 9.17) is 32.5 Å². The molecule has 1 aromatic carbocycles. The first kappa shape index (κ1) is 33.8. The Morgan fingerprint density at radius 1 is 1.02 bits per heavy atom. The number of unbranched alkanes of at least 4 members (excludes halogenated alkanes) is 1. The van der Waals surface area contributed by atoms with E-state index in [0.717, 1.165) is 16.2 Å². The third-order valence-electron chi connectivity index (χ3n) is 7.28. The number of nitrogens with two attached hydrogens (primary N) is 2. The first-order chi connectivity index (χ1) is 21.5. The molecule has 2 aromatic rings. The van der Waals surface area contributed by atoms with Gasteiger partial charge in [0.25, 0.3) is 11.8 Å². The third-order valence-corrected chi connectivity index (χ3v) is 8.50. The summed E-state index contributed by atoms with van der Waals surface area (Å²) >= 11 is 7.07. The Labute approximate surface area is 268 Å². The van der Waals surface area contributed by atoms with Gasteiger partial charge in [0.05, 0.1) is 35.0 Å². The van der Waals surface area contributed by atoms with E-state index < -0.39 is 41.9 Å². The van der Waals surface area contributed by atoms with Crippen molar-refractivity contribution >= 4 is 69.9 Å². The zero-order valence-corrected chi connectivity index (χ0v) is 26.0. The van der Waals surface area contributed by atoms with Crippen LogP contribution in [0.3, 0.4) is 0 Å². The van der Waals surface area contributed by atoms with Gasteiger partial charge in [-0.1, -0.05) is 11.6 Å². The molecule has 0 spiro atoms. The average molecular weight is 663 g/mol. The van der Waals surface area contributed by atoms with Gasteiger partial charge < -0.3 is 31.2 Å². The molecule has 5 N–H and O–H groups in total. The smallest absolute Gasteiger partial charge is 0.414 e. The van der Waals surface area contributed by atoms with Gasteiger partial charge in [-0.15, -0.1) is 11.3 Å². The molecule has 2 aliphatic rings. The predicted molar refractivity (Wildman–Crippen MR) is 166 cm³/mol. The number of imide groups is 1. The number of thiophene rings is 1. The molecular formula is C29H35ClN6O8S. The van der Waals surface area contributed by atoms with Crippen LogP contribution < -0.4 is 26.6 Å². The van der Waals surface area contributed by atoms with E-state index in [1.165, 1.54) is 11.0 Å². The molecule has 0 bridgehead atoms. The van der Waals surface area contributed by atoms with Crippen LogP contribution in [0.4, 0.5) is 16.2 Å². The predicted octanol–water partition coefficient (Wildman–Crippen LogP) is 1.64. The summed E-state index contributed by atoms with van der Waals surface area (Å²) in [7, 11) is 0. The van der Waals surface area contributed by atoms with Crippen LogP contribution >= 0.6 is 22.9 Å². The highest BCUT2D eigenvalue weighted by atomic mass is 35.5. The molecule has 0 radical (unpaired) electrons. The van der Waals surface area contributed by atoms with Crippen LogP contribution in [-0.2, 0) is 28.7 Å². The first-order valence-corrected chi connectivity index (χ1v) is 15.6. The Hall–Kier alpha value is -4.05. The normalized spacial score (nSPS) is 17.2. The number of nitrogens with zero attached hydrogens (tertiary/aromatic N) is 3. The molecule has 4 rings (SSSR count). The number of carbonyl (C=O) groups is 6. The Balaban J connectivity index is 1.36. The summed E-state index contributed by atoms with van der Waals surface area (Å²) in [6, 6.07) is 9.24. The maximum Gasteiger partial charge on any atom is 0.414 e. The first-order valence-electron chi connectivity index (χ1n) is 14.4. The molecule has 0 aliphatic carbocycles. The number of primary amides is 2. The average Bonchev–Trinajstić information content (AvgIpc) is 3.61. The molecule has 45 heavy (non-hydrogen) atoms. The number of anilines is 2. The Kier molecular flexibility index (Phi) is 11.9. The van der Waals surface area contributed by atoms with Crippen LogP contribution in [0, 0.1) is 0 Å². The lowest BCUT2D eigenvalue weighted by molar-refractivity contribution is -0.130. The maximum atomic E-state index is 13.4. The summed E-state index contributed by atoms with van der Waals surface area (Å²) in [6.07, 6.45) is -0.350. The number of hydrogen-bond acceptors (Lipinski definition) is 10. The van der Waals surface area contributed by atoms with Gasteiger partial charge in [-0.2, -0.15) is 0 Å². The van der Waals surface area contributed by atoms with Gasteiger partial charge in [-0.05, 0) is 62.2 Å². The number of halogens is 1. The van der Waals surface area contributed by atoms with Gasteiger partial charge >= 0.3 is 6.09 Å². The van der Waals surface area contributed by atoms with Gasteiger partial charge in [0.1, 0.15) is 12.7 Å². The van der Waals surface area contributed by atoms with Crippen LogP contribution in [0.25, 0.3) is 0 Å². The maximum absolute atomic E-state index is 13.4.